The summed E-state index contributed by atoms with van der Waals surface area (Å²) < 4.78 is 5.50. The van der Waals surface area contributed by atoms with Crippen molar-refractivity contribution >= 4 is 5.91 Å². The number of carbonyl (C=O) groups is 1. The summed E-state index contributed by atoms with van der Waals surface area (Å²) in [7, 11) is 0. The fraction of sp³-hybridized carbons (Fsp3) is 0.562. The van der Waals surface area contributed by atoms with Crippen LogP contribution in [0.5, 0.6) is 5.75 Å². The third-order valence-corrected chi connectivity index (χ3v) is 4.25. The van der Waals surface area contributed by atoms with E-state index in [1.54, 1.807) is 0 Å². The van der Waals surface area contributed by atoms with E-state index in [9.17, 15) is 4.79 Å². The molecule has 20 heavy (non-hydrogen) atoms. The van der Waals surface area contributed by atoms with E-state index in [4.69, 9.17) is 4.74 Å². The van der Waals surface area contributed by atoms with Crippen LogP contribution in [0.1, 0.15) is 35.7 Å². The first-order valence-corrected chi connectivity index (χ1v) is 7.57. The van der Waals surface area contributed by atoms with E-state index < -0.39 is 0 Å². The van der Waals surface area contributed by atoms with Gasteiger partial charge in [-0.2, -0.15) is 0 Å². The second-order valence-electron chi connectivity index (χ2n) is 5.51. The van der Waals surface area contributed by atoms with Crippen molar-refractivity contribution in [3.05, 3.63) is 29.3 Å². The maximum Gasteiger partial charge on any atom is 0.254 e. The van der Waals surface area contributed by atoms with Crippen LogP contribution in [0.2, 0.25) is 0 Å². The number of piperidine rings is 1. The van der Waals surface area contributed by atoms with E-state index in [0.717, 1.165) is 62.4 Å². The highest BCUT2D eigenvalue weighted by Gasteiger charge is 2.25. The summed E-state index contributed by atoms with van der Waals surface area (Å²) >= 11 is 0. The van der Waals surface area contributed by atoms with Crippen LogP contribution in [0.3, 0.4) is 0 Å². The molecule has 1 amide bonds. The number of likely N-dealkylation sites (N-methyl/N-ethyl adjacent to an activating group) is 1. The van der Waals surface area contributed by atoms with Crippen LogP contribution in [-0.4, -0.2) is 43.1 Å². The zero-order chi connectivity index (χ0) is 13.9. The summed E-state index contributed by atoms with van der Waals surface area (Å²) in [5, 5.41) is 3.38. The van der Waals surface area contributed by atoms with Gasteiger partial charge in [-0.1, -0.05) is 0 Å². The van der Waals surface area contributed by atoms with Gasteiger partial charge in [0.1, 0.15) is 5.75 Å². The predicted octanol–water partition coefficient (Wildman–Crippen LogP) is 1.84. The minimum atomic E-state index is 0.149. The van der Waals surface area contributed by atoms with Crippen molar-refractivity contribution in [2.75, 3.05) is 26.2 Å². The lowest BCUT2D eigenvalue weighted by atomic mass is 10.0. The lowest BCUT2D eigenvalue weighted by molar-refractivity contribution is 0.0662. The molecule has 1 saturated heterocycles. The molecule has 2 heterocycles. The normalized spacial score (nSPS) is 21.1. The van der Waals surface area contributed by atoms with Gasteiger partial charge in [-0.3, -0.25) is 4.79 Å². The molecule has 0 spiro atoms. The summed E-state index contributed by atoms with van der Waals surface area (Å²) in [4.78, 5) is 14.7. The number of hydrogen-bond acceptors (Lipinski definition) is 3. The highest BCUT2D eigenvalue weighted by Crippen LogP contribution is 2.26. The Labute approximate surface area is 120 Å². The van der Waals surface area contributed by atoms with Crippen LogP contribution in [0.4, 0.5) is 0 Å². The molecule has 3 rings (SSSR count). The molecule has 4 nitrogen and oxygen atoms in total. The molecule has 0 aliphatic carbocycles. The number of ether oxygens (including phenoxy) is 1. The van der Waals surface area contributed by atoms with Crippen LogP contribution in [0, 0.1) is 0 Å². The molecular weight excluding hydrogens is 252 g/mol. The Morgan fingerprint density at radius 3 is 3.15 bits per heavy atom. The van der Waals surface area contributed by atoms with Crippen LogP contribution < -0.4 is 10.1 Å². The molecule has 0 saturated carbocycles. The molecule has 0 bridgehead atoms. The smallest absolute Gasteiger partial charge is 0.254 e. The fourth-order valence-electron chi connectivity index (χ4n) is 3.15. The van der Waals surface area contributed by atoms with Crippen molar-refractivity contribution in [3.63, 3.8) is 0 Å². The van der Waals surface area contributed by atoms with Gasteiger partial charge in [0.25, 0.3) is 5.91 Å². The fourth-order valence-corrected chi connectivity index (χ4v) is 3.15. The van der Waals surface area contributed by atoms with Crippen LogP contribution in [0.25, 0.3) is 0 Å². The summed E-state index contributed by atoms with van der Waals surface area (Å²) in [5.41, 5.74) is 1.95. The van der Waals surface area contributed by atoms with Crippen molar-refractivity contribution in [2.24, 2.45) is 0 Å². The van der Waals surface area contributed by atoms with Crippen molar-refractivity contribution in [3.8, 4) is 5.75 Å². The molecule has 1 aromatic rings. The quantitative estimate of drug-likeness (QED) is 0.914. The molecule has 4 heteroatoms. The molecule has 1 fully saturated rings. The lowest BCUT2D eigenvalue weighted by Gasteiger charge is -2.34. The molecule has 1 atom stereocenters. The summed E-state index contributed by atoms with van der Waals surface area (Å²) in [6.07, 6.45) is 3.15. The molecular formula is C16H22N2O2. The number of amides is 1. The highest BCUT2D eigenvalue weighted by atomic mass is 16.5. The Balaban J connectivity index is 1.79. The van der Waals surface area contributed by atoms with Crippen molar-refractivity contribution < 1.29 is 9.53 Å². The number of carbonyl (C=O) groups excluding carboxylic acids is 1. The first kappa shape index (κ1) is 13.4. The lowest BCUT2D eigenvalue weighted by Crippen LogP contribution is -2.48. The SMILES string of the molecule is CCN(C(=O)c1ccc2c(c1)CCO2)C1CCCNC1. The van der Waals surface area contributed by atoms with Crippen molar-refractivity contribution in [1.82, 2.24) is 10.2 Å². The minimum Gasteiger partial charge on any atom is -0.493 e. The topological polar surface area (TPSA) is 41.6 Å². The molecule has 1 N–H and O–H groups in total. The first-order valence-electron chi connectivity index (χ1n) is 7.57. The Morgan fingerprint density at radius 1 is 1.50 bits per heavy atom. The van der Waals surface area contributed by atoms with E-state index >= 15 is 0 Å². The van der Waals surface area contributed by atoms with Gasteiger partial charge < -0.3 is 15.0 Å². The highest BCUT2D eigenvalue weighted by molar-refractivity contribution is 5.95. The molecule has 1 aromatic carbocycles. The Kier molecular flexibility index (Phi) is 3.92. The van der Waals surface area contributed by atoms with E-state index in [-0.39, 0.29) is 5.91 Å². The van der Waals surface area contributed by atoms with Gasteiger partial charge in [-0.25, -0.2) is 0 Å². The van der Waals surface area contributed by atoms with Gasteiger partial charge in [0.15, 0.2) is 0 Å². The average molecular weight is 274 g/mol. The second-order valence-corrected chi connectivity index (χ2v) is 5.51. The van der Waals surface area contributed by atoms with Crippen molar-refractivity contribution in [2.45, 2.75) is 32.2 Å². The third-order valence-electron chi connectivity index (χ3n) is 4.25. The van der Waals surface area contributed by atoms with Gasteiger partial charge in [-0.05, 0) is 50.1 Å². The molecule has 0 aromatic heterocycles. The van der Waals surface area contributed by atoms with Gasteiger partial charge in [0, 0.05) is 31.1 Å². The van der Waals surface area contributed by atoms with Crippen LogP contribution >= 0.6 is 0 Å². The van der Waals surface area contributed by atoms with Crippen LogP contribution in [-0.2, 0) is 6.42 Å². The first-order chi connectivity index (χ1) is 9.79. The average Bonchev–Trinajstić information content (AvgIpc) is 2.96. The number of benzene rings is 1. The predicted molar refractivity (Wildman–Crippen MR) is 78.2 cm³/mol. The second kappa shape index (κ2) is 5.83. The summed E-state index contributed by atoms with van der Waals surface area (Å²) in [6.45, 7) is 5.53. The minimum absolute atomic E-state index is 0.149. The van der Waals surface area contributed by atoms with E-state index in [0.29, 0.717) is 6.04 Å². The molecule has 108 valence electrons. The number of fused-ring (bicyclic) bond motifs is 1. The monoisotopic (exact) mass is 274 g/mol. The standard InChI is InChI=1S/C16H22N2O2/c1-2-18(14-4-3-8-17-11-14)16(19)13-5-6-15-12(10-13)7-9-20-15/h5-6,10,14,17H,2-4,7-9,11H2,1H3. The molecule has 2 aliphatic rings. The van der Waals surface area contributed by atoms with E-state index in [1.165, 1.54) is 0 Å². The maximum atomic E-state index is 12.7. The largest absolute Gasteiger partial charge is 0.493 e. The third kappa shape index (κ3) is 2.52. The number of nitrogens with one attached hydrogen (secondary N) is 1. The Bertz CT molecular complexity index is 495. The number of rotatable bonds is 3. The van der Waals surface area contributed by atoms with Gasteiger partial charge in [0.2, 0.25) is 0 Å². The number of nitrogens with zero attached hydrogens (tertiary/aromatic N) is 1. The molecule has 2 aliphatic heterocycles. The Morgan fingerprint density at radius 2 is 2.40 bits per heavy atom. The van der Waals surface area contributed by atoms with Crippen LogP contribution in [0.15, 0.2) is 18.2 Å². The summed E-state index contributed by atoms with van der Waals surface area (Å²) in [6, 6.07) is 6.16. The van der Waals surface area contributed by atoms with E-state index in [2.05, 4.69) is 12.2 Å². The zero-order valence-corrected chi connectivity index (χ0v) is 12.0. The van der Waals surface area contributed by atoms with Gasteiger partial charge in [-0.15, -0.1) is 0 Å². The zero-order valence-electron chi connectivity index (χ0n) is 12.0. The Hall–Kier alpha value is -1.55. The number of hydrogen-bond donors (Lipinski definition) is 1. The molecule has 0 radical (unpaired) electrons. The maximum absolute atomic E-state index is 12.7. The van der Waals surface area contributed by atoms with Gasteiger partial charge in [0.05, 0.1) is 6.61 Å². The summed E-state index contributed by atoms with van der Waals surface area (Å²) in [5.74, 6) is 1.08. The van der Waals surface area contributed by atoms with Gasteiger partial charge >= 0.3 is 0 Å². The van der Waals surface area contributed by atoms with Crippen molar-refractivity contribution in [1.29, 1.82) is 0 Å². The molecule has 1 unspecified atom stereocenters. The van der Waals surface area contributed by atoms with E-state index in [1.807, 2.05) is 23.1 Å².